The Morgan fingerprint density at radius 2 is 2.21 bits per heavy atom. The van der Waals surface area contributed by atoms with E-state index in [0.29, 0.717) is 11.0 Å². The molecule has 24 heavy (non-hydrogen) atoms. The fourth-order valence-electron chi connectivity index (χ4n) is 2.64. The first-order valence-corrected chi connectivity index (χ1v) is 7.02. The molecule has 2 aromatic rings. The smallest absolute Gasteiger partial charge is 0.418 e. The van der Waals surface area contributed by atoms with Gasteiger partial charge in [0.15, 0.2) is 11.2 Å². The highest BCUT2D eigenvalue weighted by Gasteiger charge is 2.57. The Labute approximate surface area is 133 Å². The lowest BCUT2D eigenvalue weighted by Crippen LogP contribution is -2.47. The van der Waals surface area contributed by atoms with Gasteiger partial charge in [0.25, 0.3) is 0 Å². The van der Waals surface area contributed by atoms with Crippen molar-refractivity contribution < 1.29 is 27.8 Å². The van der Waals surface area contributed by atoms with Crippen LogP contribution in [0.3, 0.4) is 0 Å². The van der Waals surface area contributed by atoms with Crippen LogP contribution in [0.15, 0.2) is 12.5 Å². The number of fused-ring (bicyclic) bond motifs is 1. The molecule has 8 nitrogen and oxygen atoms in total. The minimum absolute atomic E-state index is 0.00962. The predicted molar refractivity (Wildman–Crippen MR) is 75.2 cm³/mol. The zero-order valence-electron chi connectivity index (χ0n) is 12.6. The van der Waals surface area contributed by atoms with Gasteiger partial charge in [0.2, 0.25) is 0 Å². The van der Waals surface area contributed by atoms with Crippen LogP contribution in [0.2, 0.25) is 0 Å². The number of halogens is 3. The summed E-state index contributed by atoms with van der Waals surface area (Å²) in [5.41, 5.74) is -2.47. The number of alkyl halides is 3. The van der Waals surface area contributed by atoms with Crippen LogP contribution < -0.4 is 4.90 Å². The molecule has 130 valence electrons. The number of aromatic nitrogens is 4. The van der Waals surface area contributed by atoms with Crippen LogP contribution in [-0.2, 0) is 16.1 Å². The Bertz CT molecular complexity index is 778. The molecule has 0 aromatic carbocycles. The summed E-state index contributed by atoms with van der Waals surface area (Å²) in [4.78, 5) is 20.7. The summed E-state index contributed by atoms with van der Waals surface area (Å²) in [5.74, 6) is -0.302. The second-order valence-electron chi connectivity index (χ2n) is 5.51. The van der Waals surface area contributed by atoms with Gasteiger partial charge < -0.3 is 14.7 Å². The van der Waals surface area contributed by atoms with Gasteiger partial charge in [-0.05, 0) is 0 Å². The molecule has 1 N–H and O–H groups in total. The Balaban J connectivity index is 1.93. The monoisotopic (exact) mass is 345 g/mol. The molecule has 11 heteroatoms. The number of aliphatic hydroxyl groups is 1. The number of carbonyl (C=O) groups excluding carboxylic acids is 1. The van der Waals surface area contributed by atoms with E-state index >= 15 is 0 Å². The molecule has 0 saturated carbocycles. The summed E-state index contributed by atoms with van der Waals surface area (Å²) in [7, 11) is 1.23. The molecule has 0 aliphatic carbocycles. The average molecular weight is 345 g/mol. The standard InChI is InChI=1S/C13H14F3N5O3/c1-24-9(22)5-21-11-8(4-19-21)10(17-7-18-11)20-3-2-12(23,6-20)13(14,15)16/h4,7,23H,2-3,5-6H2,1H3. The first-order valence-electron chi connectivity index (χ1n) is 7.02. The van der Waals surface area contributed by atoms with Gasteiger partial charge >= 0.3 is 12.1 Å². The number of rotatable bonds is 3. The minimum atomic E-state index is -4.72. The summed E-state index contributed by atoms with van der Waals surface area (Å²) in [6.45, 7) is -0.807. The second kappa shape index (κ2) is 5.58. The molecule has 0 radical (unpaired) electrons. The third-order valence-electron chi connectivity index (χ3n) is 3.99. The highest BCUT2D eigenvalue weighted by molar-refractivity contribution is 5.87. The number of hydrogen-bond acceptors (Lipinski definition) is 7. The first kappa shape index (κ1) is 16.4. The largest absolute Gasteiger partial charge is 0.468 e. The maximum atomic E-state index is 13.0. The molecule has 0 bridgehead atoms. The zero-order valence-corrected chi connectivity index (χ0v) is 12.6. The van der Waals surface area contributed by atoms with Gasteiger partial charge in [-0.25, -0.2) is 14.6 Å². The Hall–Kier alpha value is -2.43. The van der Waals surface area contributed by atoms with Crippen molar-refractivity contribution in [2.45, 2.75) is 24.7 Å². The van der Waals surface area contributed by atoms with Crippen molar-refractivity contribution in [3.05, 3.63) is 12.5 Å². The molecule has 0 spiro atoms. The molecular formula is C13H14F3N5O3. The molecule has 0 amide bonds. The van der Waals surface area contributed by atoms with Gasteiger partial charge in [-0.1, -0.05) is 0 Å². The number of hydrogen-bond donors (Lipinski definition) is 1. The molecule has 1 atom stereocenters. The van der Waals surface area contributed by atoms with Crippen LogP contribution in [0.4, 0.5) is 19.0 Å². The number of anilines is 1. The van der Waals surface area contributed by atoms with Gasteiger partial charge in [-0.15, -0.1) is 0 Å². The lowest BCUT2D eigenvalue weighted by Gasteiger charge is -2.26. The van der Waals surface area contributed by atoms with E-state index in [1.807, 2.05) is 0 Å². The average Bonchev–Trinajstić information content (AvgIpc) is 3.11. The third kappa shape index (κ3) is 2.64. The Morgan fingerprint density at radius 1 is 1.46 bits per heavy atom. The minimum Gasteiger partial charge on any atom is -0.468 e. The lowest BCUT2D eigenvalue weighted by molar-refractivity contribution is -0.250. The Morgan fingerprint density at radius 3 is 2.83 bits per heavy atom. The number of ether oxygens (including phenoxy) is 1. The molecule has 1 saturated heterocycles. The van der Waals surface area contributed by atoms with E-state index in [2.05, 4.69) is 19.8 Å². The van der Waals surface area contributed by atoms with Crippen LogP contribution in [0.5, 0.6) is 0 Å². The van der Waals surface area contributed by atoms with Crippen LogP contribution in [0.1, 0.15) is 6.42 Å². The zero-order chi connectivity index (χ0) is 17.5. The molecule has 2 aromatic heterocycles. The van der Waals surface area contributed by atoms with Crippen molar-refractivity contribution in [1.82, 2.24) is 19.7 Å². The number of β-amino-alcohol motifs (C(OH)–C–C–N with tert-alkyl or cyclic N) is 1. The van der Waals surface area contributed by atoms with Gasteiger partial charge in [0.1, 0.15) is 18.7 Å². The number of nitrogens with zero attached hydrogens (tertiary/aromatic N) is 5. The molecule has 1 unspecified atom stereocenters. The maximum Gasteiger partial charge on any atom is 0.418 e. The quantitative estimate of drug-likeness (QED) is 0.810. The van der Waals surface area contributed by atoms with Gasteiger partial charge in [0, 0.05) is 13.0 Å². The molecule has 3 heterocycles. The SMILES string of the molecule is COC(=O)Cn1ncc2c(N3CCC(O)(C(F)(F)F)C3)ncnc21. The molecule has 1 aliphatic rings. The van der Waals surface area contributed by atoms with Crippen LogP contribution in [-0.4, -0.2) is 62.8 Å². The molecular weight excluding hydrogens is 331 g/mol. The van der Waals surface area contributed by atoms with E-state index < -0.39 is 30.7 Å². The van der Waals surface area contributed by atoms with Crippen LogP contribution in [0, 0.1) is 0 Å². The summed E-state index contributed by atoms with van der Waals surface area (Å²) in [6.07, 6.45) is -2.61. The summed E-state index contributed by atoms with van der Waals surface area (Å²) < 4.78 is 44.7. The number of esters is 1. The lowest BCUT2D eigenvalue weighted by atomic mass is 10.0. The van der Waals surface area contributed by atoms with Gasteiger partial charge in [-0.3, -0.25) is 4.79 Å². The van der Waals surface area contributed by atoms with E-state index in [-0.39, 0.29) is 18.9 Å². The van der Waals surface area contributed by atoms with Crippen molar-refractivity contribution in [3.63, 3.8) is 0 Å². The summed E-state index contributed by atoms with van der Waals surface area (Å²) in [6, 6.07) is 0. The van der Waals surface area contributed by atoms with Crippen molar-refractivity contribution in [2.75, 3.05) is 25.1 Å². The normalized spacial score (nSPS) is 21.5. The van der Waals surface area contributed by atoms with Crippen LogP contribution >= 0.6 is 0 Å². The first-order chi connectivity index (χ1) is 11.2. The van der Waals surface area contributed by atoms with Gasteiger partial charge in [-0.2, -0.15) is 18.3 Å². The van der Waals surface area contributed by atoms with Crippen LogP contribution in [0.25, 0.3) is 11.0 Å². The van der Waals surface area contributed by atoms with Crippen molar-refractivity contribution in [2.24, 2.45) is 0 Å². The number of methoxy groups -OCH3 is 1. The van der Waals surface area contributed by atoms with E-state index in [1.54, 1.807) is 0 Å². The molecule has 3 rings (SSSR count). The van der Waals surface area contributed by atoms with E-state index in [9.17, 15) is 23.1 Å². The predicted octanol–water partition coefficient (Wildman–Crippen LogP) is 0.503. The molecule has 1 aliphatic heterocycles. The van der Waals surface area contributed by atoms with E-state index in [4.69, 9.17) is 0 Å². The summed E-state index contributed by atoms with van der Waals surface area (Å²) >= 11 is 0. The van der Waals surface area contributed by atoms with E-state index in [1.165, 1.54) is 29.2 Å². The fourth-order valence-corrected chi connectivity index (χ4v) is 2.64. The van der Waals surface area contributed by atoms with Gasteiger partial charge in [0.05, 0.1) is 25.2 Å². The topological polar surface area (TPSA) is 93.4 Å². The molecule has 1 fully saturated rings. The highest BCUT2D eigenvalue weighted by atomic mass is 19.4. The highest BCUT2D eigenvalue weighted by Crippen LogP contribution is 2.39. The van der Waals surface area contributed by atoms with Crippen molar-refractivity contribution in [3.8, 4) is 0 Å². The maximum absolute atomic E-state index is 13.0. The van der Waals surface area contributed by atoms with Crippen molar-refractivity contribution in [1.29, 1.82) is 0 Å². The fraction of sp³-hybridized carbons (Fsp3) is 0.538. The second-order valence-corrected chi connectivity index (χ2v) is 5.51. The number of carbonyl (C=O) groups is 1. The van der Waals surface area contributed by atoms with E-state index in [0.717, 1.165) is 0 Å². The van der Waals surface area contributed by atoms with Crippen molar-refractivity contribution >= 4 is 22.8 Å². The summed E-state index contributed by atoms with van der Waals surface area (Å²) in [5, 5.41) is 14.2. The Kier molecular flexibility index (Phi) is 3.82. The third-order valence-corrected chi connectivity index (χ3v) is 3.99.